The van der Waals surface area contributed by atoms with Gasteiger partial charge in [-0.15, -0.1) is 0 Å². The average molecular weight is 280 g/mol. The maximum Gasteiger partial charge on any atom is 0.0458 e. The van der Waals surface area contributed by atoms with Crippen molar-refractivity contribution in [3.05, 3.63) is 0 Å². The van der Waals surface area contributed by atoms with Gasteiger partial charge in [0.15, 0.2) is 0 Å². The molecule has 3 fully saturated rings. The normalized spacial score (nSPS) is 41.5. The van der Waals surface area contributed by atoms with Gasteiger partial charge in [0.25, 0.3) is 0 Å². The molecule has 0 aromatic carbocycles. The predicted molar refractivity (Wildman–Crippen MR) is 83.8 cm³/mol. The van der Waals surface area contributed by atoms with Gasteiger partial charge in [-0.1, -0.05) is 0 Å². The lowest BCUT2D eigenvalue weighted by molar-refractivity contribution is -0.0397. The molecule has 0 aromatic heterocycles. The van der Waals surface area contributed by atoms with Crippen LogP contribution in [0.15, 0.2) is 0 Å². The highest BCUT2D eigenvalue weighted by atomic mass is 15.3. The molecule has 3 unspecified atom stereocenters. The maximum absolute atomic E-state index is 6.25. The first kappa shape index (κ1) is 14.8. The van der Waals surface area contributed by atoms with Crippen LogP contribution in [0.3, 0.4) is 0 Å². The highest BCUT2D eigenvalue weighted by Gasteiger charge is 2.43. The molecule has 3 saturated heterocycles. The Balaban J connectivity index is 1.71. The Labute approximate surface area is 124 Å². The summed E-state index contributed by atoms with van der Waals surface area (Å²) in [5.74, 6) is 0.873. The molecule has 3 rings (SSSR count). The summed E-state index contributed by atoms with van der Waals surface area (Å²) in [4.78, 5) is 7.85. The minimum atomic E-state index is 0.258. The quantitative estimate of drug-likeness (QED) is 0.812. The van der Waals surface area contributed by atoms with Crippen LogP contribution < -0.4 is 5.73 Å². The molecule has 3 atom stereocenters. The van der Waals surface area contributed by atoms with Crippen LogP contribution in [-0.4, -0.2) is 79.6 Å². The minimum Gasteiger partial charge on any atom is -0.329 e. The fourth-order valence-corrected chi connectivity index (χ4v) is 4.98. The van der Waals surface area contributed by atoms with E-state index in [1.54, 1.807) is 0 Å². The second kappa shape index (κ2) is 5.91. The van der Waals surface area contributed by atoms with Crippen molar-refractivity contribution in [3.8, 4) is 0 Å². The lowest BCUT2D eigenvalue weighted by Gasteiger charge is -2.54. The summed E-state index contributed by atoms with van der Waals surface area (Å²) < 4.78 is 0. The van der Waals surface area contributed by atoms with E-state index in [4.69, 9.17) is 5.73 Å². The Hall–Kier alpha value is -0.160. The Bertz CT molecular complexity index is 334. The van der Waals surface area contributed by atoms with Crippen LogP contribution in [-0.2, 0) is 0 Å². The van der Waals surface area contributed by atoms with Crippen LogP contribution in [0, 0.1) is 5.92 Å². The second-order valence-electron chi connectivity index (χ2n) is 7.45. The van der Waals surface area contributed by atoms with Gasteiger partial charge >= 0.3 is 0 Å². The number of hydrogen-bond donors (Lipinski definition) is 1. The van der Waals surface area contributed by atoms with Gasteiger partial charge in [0.1, 0.15) is 0 Å². The van der Waals surface area contributed by atoms with Gasteiger partial charge in [0, 0.05) is 37.8 Å². The van der Waals surface area contributed by atoms with Crippen molar-refractivity contribution >= 4 is 0 Å². The molecule has 4 heteroatoms. The average Bonchev–Trinajstić information content (AvgIpc) is 2.47. The Morgan fingerprint density at radius 3 is 2.70 bits per heavy atom. The van der Waals surface area contributed by atoms with E-state index in [2.05, 4.69) is 28.8 Å². The number of nitrogens with two attached hydrogens (primary N) is 1. The Kier molecular flexibility index (Phi) is 4.37. The molecule has 0 spiro atoms. The lowest BCUT2D eigenvalue weighted by atomic mass is 9.79. The summed E-state index contributed by atoms with van der Waals surface area (Å²) in [6.07, 6.45) is 6.73. The van der Waals surface area contributed by atoms with Crippen molar-refractivity contribution in [2.45, 2.75) is 43.7 Å². The fourth-order valence-electron chi connectivity index (χ4n) is 4.98. The molecule has 0 bridgehead atoms. The van der Waals surface area contributed by atoms with Crippen molar-refractivity contribution in [2.75, 3.05) is 53.4 Å². The van der Waals surface area contributed by atoms with E-state index in [-0.39, 0.29) is 5.54 Å². The number of fused-ring (bicyclic) bond motifs is 1. The molecule has 0 aliphatic carbocycles. The first-order chi connectivity index (χ1) is 9.64. The van der Waals surface area contributed by atoms with Gasteiger partial charge < -0.3 is 15.5 Å². The zero-order valence-corrected chi connectivity index (χ0v) is 13.4. The van der Waals surface area contributed by atoms with E-state index in [1.807, 2.05) is 0 Å². The number of likely N-dealkylation sites (tertiary alicyclic amines) is 3. The molecular weight excluding hydrogens is 248 g/mol. The van der Waals surface area contributed by atoms with E-state index >= 15 is 0 Å². The third-order valence-electron chi connectivity index (χ3n) is 6.14. The van der Waals surface area contributed by atoms with E-state index < -0.39 is 0 Å². The molecule has 0 radical (unpaired) electrons. The fraction of sp³-hybridized carbons (Fsp3) is 1.00. The van der Waals surface area contributed by atoms with Crippen molar-refractivity contribution in [1.29, 1.82) is 0 Å². The molecule has 0 saturated carbocycles. The first-order valence-corrected chi connectivity index (χ1v) is 8.48. The van der Waals surface area contributed by atoms with Crippen LogP contribution in [0.4, 0.5) is 0 Å². The molecule has 3 aliphatic heterocycles. The number of likely N-dealkylation sites (N-methyl/N-ethyl adjacent to an activating group) is 1. The zero-order chi connectivity index (χ0) is 14.2. The summed E-state index contributed by atoms with van der Waals surface area (Å²) in [6.45, 7) is 7.05. The summed E-state index contributed by atoms with van der Waals surface area (Å²) in [7, 11) is 4.57. The van der Waals surface area contributed by atoms with Crippen LogP contribution >= 0.6 is 0 Å². The van der Waals surface area contributed by atoms with Gasteiger partial charge in [-0.05, 0) is 65.2 Å². The smallest absolute Gasteiger partial charge is 0.0458 e. The van der Waals surface area contributed by atoms with E-state index in [0.717, 1.165) is 25.0 Å². The molecule has 20 heavy (non-hydrogen) atoms. The van der Waals surface area contributed by atoms with Crippen molar-refractivity contribution in [2.24, 2.45) is 11.7 Å². The highest BCUT2D eigenvalue weighted by Crippen LogP contribution is 2.35. The third-order valence-corrected chi connectivity index (χ3v) is 6.14. The molecule has 3 heterocycles. The SMILES string of the molecule is CN1CCCC(CN)(N2CCC3C(CCCN3C)C2)C1. The minimum absolute atomic E-state index is 0.258. The number of rotatable bonds is 2. The van der Waals surface area contributed by atoms with E-state index in [9.17, 15) is 0 Å². The Morgan fingerprint density at radius 1 is 1.10 bits per heavy atom. The summed E-state index contributed by atoms with van der Waals surface area (Å²) >= 11 is 0. The number of piperidine rings is 3. The largest absolute Gasteiger partial charge is 0.329 e. The third kappa shape index (κ3) is 2.63. The van der Waals surface area contributed by atoms with Crippen LogP contribution in [0.25, 0.3) is 0 Å². The van der Waals surface area contributed by atoms with Crippen LogP contribution in [0.2, 0.25) is 0 Å². The summed E-state index contributed by atoms with van der Waals surface area (Å²) in [6, 6.07) is 0.830. The van der Waals surface area contributed by atoms with Gasteiger partial charge in [0.05, 0.1) is 0 Å². The van der Waals surface area contributed by atoms with Crippen molar-refractivity contribution in [3.63, 3.8) is 0 Å². The molecule has 116 valence electrons. The monoisotopic (exact) mass is 280 g/mol. The molecule has 4 nitrogen and oxygen atoms in total. The van der Waals surface area contributed by atoms with E-state index in [1.165, 1.54) is 58.3 Å². The summed E-state index contributed by atoms with van der Waals surface area (Å²) in [5, 5.41) is 0. The topological polar surface area (TPSA) is 35.7 Å². The lowest BCUT2D eigenvalue weighted by Crippen LogP contribution is -2.66. The van der Waals surface area contributed by atoms with Gasteiger partial charge in [-0.2, -0.15) is 0 Å². The van der Waals surface area contributed by atoms with Crippen LogP contribution in [0.5, 0.6) is 0 Å². The second-order valence-corrected chi connectivity index (χ2v) is 7.45. The maximum atomic E-state index is 6.25. The van der Waals surface area contributed by atoms with Gasteiger partial charge in [0.2, 0.25) is 0 Å². The molecule has 2 N–H and O–H groups in total. The molecule has 3 aliphatic rings. The first-order valence-electron chi connectivity index (χ1n) is 8.48. The van der Waals surface area contributed by atoms with Crippen molar-refractivity contribution in [1.82, 2.24) is 14.7 Å². The van der Waals surface area contributed by atoms with E-state index in [0.29, 0.717) is 0 Å². The van der Waals surface area contributed by atoms with Crippen LogP contribution in [0.1, 0.15) is 32.1 Å². The predicted octanol–water partition coefficient (Wildman–Crippen LogP) is 0.826. The van der Waals surface area contributed by atoms with Gasteiger partial charge in [-0.25, -0.2) is 0 Å². The molecule has 0 aromatic rings. The Morgan fingerprint density at radius 2 is 1.95 bits per heavy atom. The zero-order valence-electron chi connectivity index (χ0n) is 13.4. The molecule has 0 amide bonds. The highest BCUT2D eigenvalue weighted by molar-refractivity contribution is 5.01. The van der Waals surface area contributed by atoms with Gasteiger partial charge in [-0.3, -0.25) is 4.90 Å². The molecular formula is C16H32N4. The van der Waals surface area contributed by atoms with Crippen molar-refractivity contribution < 1.29 is 0 Å². The summed E-state index contributed by atoms with van der Waals surface area (Å²) in [5.41, 5.74) is 6.51. The number of hydrogen-bond acceptors (Lipinski definition) is 4. The number of nitrogens with zero attached hydrogens (tertiary/aromatic N) is 3. The standard InChI is InChI=1S/C16H32N4/c1-18-8-4-7-16(12-17,13-18)20-10-6-15-14(11-20)5-3-9-19(15)2/h14-15H,3-13,17H2,1-2H3.